The molecule has 4 rings (SSSR count). The quantitative estimate of drug-likeness (QED) is 0.213. The van der Waals surface area contributed by atoms with E-state index in [1.54, 1.807) is 24.3 Å². The second-order valence-corrected chi connectivity index (χ2v) is 8.83. The maximum Gasteiger partial charge on any atom is 0.419 e. The van der Waals surface area contributed by atoms with Crippen molar-refractivity contribution in [1.82, 2.24) is 0 Å². The Morgan fingerprint density at radius 1 is 0.842 bits per heavy atom. The van der Waals surface area contributed by atoms with Gasteiger partial charge < -0.3 is 14.2 Å². The largest absolute Gasteiger partial charge is 0.429 e. The predicted octanol–water partition coefficient (Wildman–Crippen LogP) is 8.20. The molecule has 0 radical (unpaired) electrons. The molecule has 3 aromatic carbocycles. The Hall–Kier alpha value is -3.37. The molecule has 0 unspecified atom stereocenters. The number of ether oxygens (including phenoxy) is 3. The van der Waals surface area contributed by atoms with E-state index in [-0.39, 0.29) is 23.8 Å². The van der Waals surface area contributed by atoms with Crippen LogP contribution in [0.25, 0.3) is 17.2 Å². The minimum atomic E-state index is -4.22. The summed E-state index contributed by atoms with van der Waals surface area (Å²) >= 11 is 0. The van der Waals surface area contributed by atoms with Crippen molar-refractivity contribution in [3.8, 4) is 16.9 Å². The van der Waals surface area contributed by atoms with Crippen LogP contribution in [0, 0.1) is 35.0 Å². The van der Waals surface area contributed by atoms with Gasteiger partial charge in [0.05, 0.1) is 13.2 Å². The second-order valence-electron chi connectivity index (χ2n) is 8.83. The van der Waals surface area contributed by atoms with Gasteiger partial charge in [-0.15, -0.1) is 0 Å². The van der Waals surface area contributed by atoms with E-state index in [1.807, 2.05) is 0 Å². The molecular weight excluding hydrogens is 517 g/mol. The minimum absolute atomic E-state index is 0.0113. The summed E-state index contributed by atoms with van der Waals surface area (Å²) in [6.07, 6.45) is -2.26. The monoisotopic (exact) mass is 540 g/mol. The van der Waals surface area contributed by atoms with Gasteiger partial charge in [0, 0.05) is 35.3 Å². The molecule has 1 fully saturated rings. The highest BCUT2D eigenvalue weighted by atomic mass is 19.3. The van der Waals surface area contributed by atoms with Crippen LogP contribution in [0.3, 0.4) is 0 Å². The van der Waals surface area contributed by atoms with Gasteiger partial charge in [0.1, 0.15) is 17.4 Å². The lowest BCUT2D eigenvalue weighted by atomic mass is 10.0. The summed E-state index contributed by atoms with van der Waals surface area (Å²) in [5.74, 6) is -8.26. The highest BCUT2D eigenvalue weighted by Crippen LogP contribution is 2.31. The van der Waals surface area contributed by atoms with Crippen LogP contribution in [0.1, 0.15) is 37.2 Å². The van der Waals surface area contributed by atoms with E-state index in [0.717, 1.165) is 30.5 Å². The Labute approximate surface area is 214 Å². The van der Waals surface area contributed by atoms with E-state index < -0.39 is 52.8 Å². The molecule has 3 nitrogen and oxygen atoms in total. The number of alkyl halides is 2. The molecular formula is C28H23F7O3. The van der Waals surface area contributed by atoms with Gasteiger partial charge in [-0.1, -0.05) is 37.6 Å². The summed E-state index contributed by atoms with van der Waals surface area (Å²) < 4.78 is 113. The predicted molar refractivity (Wildman–Crippen MR) is 126 cm³/mol. The number of rotatable bonds is 8. The number of hydrogen-bond donors (Lipinski definition) is 0. The molecule has 0 saturated carbocycles. The van der Waals surface area contributed by atoms with Gasteiger partial charge in [-0.05, 0) is 35.8 Å². The topological polar surface area (TPSA) is 27.7 Å². The van der Waals surface area contributed by atoms with Crippen LogP contribution in [-0.4, -0.2) is 19.3 Å². The summed E-state index contributed by atoms with van der Waals surface area (Å²) in [6, 6.07) is 9.08. The van der Waals surface area contributed by atoms with Crippen molar-refractivity contribution in [2.75, 3.05) is 13.2 Å². The first-order chi connectivity index (χ1) is 18.1. The molecule has 0 amide bonds. The minimum Gasteiger partial charge on any atom is -0.429 e. The molecule has 1 saturated heterocycles. The molecule has 0 atom stereocenters. The summed E-state index contributed by atoms with van der Waals surface area (Å²) in [5, 5.41) is 0. The summed E-state index contributed by atoms with van der Waals surface area (Å²) in [6.45, 7) is 3.24. The van der Waals surface area contributed by atoms with Crippen LogP contribution in [-0.2, 0) is 9.47 Å². The highest BCUT2D eigenvalue weighted by molar-refractivity contribution is 5.67. The third-order valence-electron chi connectivity index (χ3n) is 5.91. The van der Waals surface area contributed by atoms with Crippen molar-refractivity contribution in [3.63, 3.8) is 0 Å². The van der Waals surface area contributed by atoms with Crippen LogP contribution < -0.4 is 4.74 Å². The van der Waals surface area contributed by atoms with Crippen LogP contribution in [0.2, 0.25) is 0 Å². The Morgan fingerprint density at radius 2 is 1.42 bits per heavy atom. The maximum absolute atomic E-state index is 14.7. The lowest BCUT2D eigenvalue weighted by molar-refractivity contribution is -0.206. The summed E-state index contributed by atoms with van der Waals surface area (Å²) in [7, 11) is 0. The first kappa shape index (κ1) is 27.7. The van der Waals surface area contributed by atoms with Crippen LogP contribution in [0.5, 0.6) is 5.75 Å². The highest BCUT2D eigenvalue weighted by Gasteiger charge is 2.29. The van der Waals surface area contributed by atoms with Gasteiger partial charge in [0.15, 0.2) is 23.7 Å². The third-order valence-corrected chi connectivity index (χ3v) is 5.91. The van der Waals surface area contributed by atoms with Gasteiger partial charge >= 0.3 is 6.11 Å². The Bertz CT molecular complexity index is 1250. The van der Waals surface area contributed by atoms with E-state index in [1.165, 1.54) is 0 Å². The molecule has 1 heterocycles. The number of hydrogen-bond acceptors (Lipinski definition) is 3. The summed E-state index contributed by atoms with van der Waals surface area (Å²) in [4.78, 5) is 0. The Kier molecular flexibility index (Phi) is 8.42. The van der Waals surface area contributed by atoms with Gasteiger partial charge in [0.25, 0.3) is 0 Å². The average molecular weight is 540 g/mol. The van der Waals surface area contributed by atoms with E-state index in [2.05, 4.69) is 11.7 Å². The third kappa shape index (κ3) is 6.54. The SMILES string of the molecule is CCCC1COC(c2ccc(-c3cc(F)c(/C=C/C(F)(F)Oc4cc(F)c(F)c(F)c4)c(F)c3)cc2)OC1. The average Bonchev–Trinajstić information content (AvgIpc) is 2.87. The Balaban J connectivity index is 1.46. The molecule has 202 valence electrons. The van der Waals surface area contributed by atoms with Gasteiger partial charge in [-0.2, -0.15) is 8.78 Å². The van der Waals surface area contributed by atoms with E-state index in [4.69, 9.17) is 9.47 Å². The van der Waals surface area contributed by atoms with Crippen molar-refractivity contribution in [2.45, 2.75) is 32.2 Å². The summed E-state index contributed by atoms with van der Waals surface area (Å²) in [5.41, 5.74) is 0.594. The molecule has 3 aromatic rings. The molecule has 0 aliphatic carbocycles. The van der Waals surface area contributed by atoms with Crippen LogP contribution in [0.4, 0.5) is 30.7 Å². The lowest BCUT2D eigenvalue weighted by Gasteiger charge is -2.29. The number of halogens is 7. The van der Waals surface area contributed by atoms with Crippen molar-refractivity contribution >= 4 is 6.08 Å². The maximum atomic E-state index is 14.7. The molecule has 0 bridgehead atoms. The van der Waals surface area contributed by atoms with Crippen LogP contribution in [0.15, 0.2) is 54.6 Å². The standard InChI is InChI=1S/C28H23F7O3/c1-2-3-16-14-36-27(37-15-16)18-6-4-17(5-7-18)19-10-22(29)21(23(30)11-19)8-9-28(34,35)38-20-12-24(31)26(33)25(32)13-20/h4-13,16,27H,2-3,14-15H2,1H3/b9-8+. The zero-order chi connectivity index (χ0) is 27.4. The fraction of sp³-hybridized carbons (Fsp3) is 0.286. The van der Waals surface area contributed by atoms with Crippen molar-refractivity contribution in [2.24, 2.45) is 5.92 Å². The molecule has 10 heteroatoms. The molecule has 1 aliphatic heterocycles. The molecule has 0 spiro atoms. The second kappa shape index (κ2) is 11.6. The molecule has 0 aromatic heterocycles. The first-order valence-corrected chi connectivity index (χ1v) is 11.8. The van der Waals surface area contributed by atoms with Crippen LogP contribution >= 0.6 is 0 Å². The van der Waals surface area contributed by atoms with Crippen molar-refractivity contribution < 1.29 is 44.9 Å². The Morgan fingerprint density at radius 3 is 1.97 bits per heavy atom. The molecule has 0 N–H and O–H groups in total. The van der Waals surface area contributed by atoms with Gasteiger partial charge in [0.2, 0.25) is 0 Å². The van der Waals surface area contributed by atoms with E-state index >= 15 is 0 Å². The van der Waals surface area contributed by atoms with E-state index in [9.17, 15) is 30.7 Å². The van der Waals surface area contributed by atoms with Crippen molar-refractivity contribution in [3.05, 3.63) is 94.8 Å². The zero-order valence-electron chi connectivity index (χ0n) is 20.1. The molecule has 1 aliphatic rings. The van der Waals surface area contributed by atoms with Gasteiger partial charge in [-0.25, -0.2) is 22.0 Å². The number of benzene rings is 3. The fourth-order valence-corrected chi connectivity index (χ4v) is 4.02. The fourth-order valence-electron chi connectivity index (χ4n) is 4.02. The molecule has 38 heavy (non-hydrogen) atoms. The van der Waals surface area contributed by atoms with Gasteiger partial charge in [-0.3, -0.25) is 0 Å². The lowest BCUT2D eigenvalue weighted by Crippen LogP contribution is -2.26. The van der Waals surface area contributed by atoms with E-state index in [0.29, 0.717) is 30.8 Å². The zero-order valence-corrected chi connectivity index (χ0v) is 20.1. The normalized spacial score (nSPS) is 18.2. The first-order valence-electron chi connectivity index (χ1n) is 11.8. The van der Waals surface area contributed by atoms with Crippen molar-refractivity contribution in [1.29, 1.82) is 0 Å². The smallest absolute Gasteiger partial charge is 0.419 e.